The maximum atomic E-state index is 12.5. The number of hydrogen-bond acceptors (Lipinski definition) is 5. The van der Waals surface area contributed by atoms with E-state index in [2.05, 4.69) is 24.9 Å². The molecule has 6 nitrogen and oxygen atoms in total. The molecule has 0 unspecified atom stereocenters. The van der Waals surface area contributed by atoms with Gasteiger partial charge in [0.25, 0.3) is 5.91 Å². The van der Waals surface area contributed by atoms with E-state index in [0.29, 0.717) is 11.5 Å². The van der Waals surface area contributed by atoms with Gasteiger partial charge in [-0.2, -0.15) is 0 Å². The highest BCUT2D eigenvalue weighted by molar-refractivity contribution is 7.07. The fourth-order valence-electron chi connectivity index (χ4n) is 3.32. The molecule has 0 bridgehead atoms. The van der Waals surface area contributed by atoms with E-state index in [4.69, 9.17) is 0 Å². The Balaban J connectivity index is 1.41. The molecule has 0 atom stereocenters. The van der Waals surface area contributed by atoms with Crippen LogP contribution in [-0.2, 0) is 6.54 Å². The van der Waals surface area contributed by atoms with Crippen LogP contribution < -0.4 is 0 Å². The van der Waals surface area contributed by atoms with Gasteiger partial charge in [0, 0.05) is 49.2 Å². The fraction of sp³-hybridized carbons (Fsp3) is 0.333. The third-order valence-electron chi connectivity index (χ3n) is 4.62. The lowest BCUT2D eigenvalue weighted by molar-refractivity contribution is 0.0710. The third-order valence-corrected chi connectivity index (χ3v) is 5.25. The molecule has 0 aromatic carbocycles. The summed E-state index contributed by atoms with van der Waals surface area (Å²) in [6.07, 6.45) is 9.05. The van der Waals surface area contributed by atoms with Gasteiger partial charge in [0.15, 0.2) is 0 Å². The number of imidazole rings is 1. The molecule has 1 saturated heterocycles. The van der Waals surface area contributed by atoms with Crippen LogP contribution in [0.1, 0.15) is 40.6 Å². The number of piperidine rings is 1. The minimum atomic E-state index is 0.0670. The molecule has 0 saturated carbocycles. The van der Waals surface area contributed by atoms with E-state index in [0.717, 1.165) is 44.0 Å². The Kier molecular flexibility index (Phi) is 4.56. The summed E-state index contributed by atoms with van der Waals surface area (Å²) in [7, 11) is 0. The number of aromatic nitrogens is 4. The summed E-state index contributed by atoms with van der Waals surface area (Å²) in [6, 6.07) is 3.62. The molecule has 1 amide bonds. The number of pyridine rings is 1. The zero-order valence-corrected chi connectivity index (χ0v) is 14.6. The van der Waals surface area contributed by atoms with Crippen LogP contribution in [0.25, 0.3) is 0 Å². The Morgan fingerprint density at radius 3 is 2.84 bits per heavy atom. The highest BCUT2D eigenvalue weighted by Crippen LogP contribution is 2.28. The van der Waals surface area contributed by atoms with Crippen LogP contribution >= 0.6 is 11.3 Å². The van der Waals surface area contributed by atoms with E-state index in [1.165, 1.54) is 0 Å². The highest BCUT2D eigenvalue weighted by atomic mass is 32.1. The highest BCUT2D eigenvalue weighted by Gasteiger charge is 2.27. The van der Waals surface area contributed by atoms with Crippen molar-refractivity contribution in [1.82, 2.24) is 24.4 Å². The van der Waals surface area contributed by atoms with E-state index in [9.17, 15) is 4.79 Å². The van der Waals surface area contributed by atoms with Crippen LogP contribution in [0.2, 0.25) is 0 Å². The second-order valence-electron chi connectivity index (χ2n) is 6.20. The molecule has 1 aliphatic rings. The monoisotopic (exact) mass is 353 g/mol. The van der Waals surface area contributed by atoms with Crippen molar-refractivity contribution in [3.05, 3.63) is 64.9 Å². The Labute approximate surface area is 150 Å². The minimum absolute atomic E-state index is 0.0670. The van der Waals surface area contributed by atoms with Gasteiger partial charge in [-0.3, -0.25) is 9.78 Å². The molecular formula is C18H19N5OS. The number of rotatable bonds is 4. The first-order valence-electron chi connectivity index (χ1n) is 8.38. The van der Waals surface area contributed by atoms with Crippen molar-refractivity contribution in [2.24, 2.45) is 0 Å². The summed E-state index contributed by atoms with van der Waals surface area (Å²) in [5, 5.41) is 2.07. The molecule has 0 aliphatic carbocycles. The van der Waals surface area contributed by atoms with E-state index < -0.39 is 0 Å². The predicted molar refractivity (Wildman–Crippen MR) is 95.6 cm³/mol. The summed E-state index contributed by atoms with van der Waals surface area (Å²) >= 11 is 1.61. The molecule has 3 aromatic rings. The first-order valence-corrected chi connectivity index (χ1v) is 9.33. The van der Waals surface area contributed by atoms with Gasteiger partial charge < -0.3 is 9.47 Å². The summed E-state index contributed by atoms with van der Waals surface area (Å²) in [6.45, 7) is 2.26. The van der Waals surface area contributed by atoms with Crippen LogP contribution in [-0.4, -0.2) is 43.4 Å². The average molecular weight is 353 g/mol. The molecule has 7 heteroatoms. The van der Waals surface area contributed by atoms with Gasteiger partial charge in [-0.15, -0.1) is 11.3 Å². The summed E-state index contributed by atoms with van der Waals surface area (Å²) in [5.74, 6) is 1.55. The van der Waals surface area contributed by atoms with Gasteiger partial charge >= 0.3 is 0 Å². The molecule has 0 N–H and O–H groups in total. The second-order valence-corrected chi connectivity index (χ2v) is 6.92. The average Bonchev–Trinajstić information content (AvgIpc) is 3.34. The van der Waals surface area contributed by atoms with Crippen molar-refractivity contribution in [2.75, 3.05) is 13.1 Å². The van der Waals surface area contributed by atoms with Gasteiger partial charge in [0.1, 0.15) is 5.82 Å². The first kappa shape index (κ1) is 16.0. The van der Waals surface area contributed by atoms with Crippen molar-refractivity contribution < 1.29 is 4.79 Å². The van der Waals surface area contributed by atoms with E-state index in [-0.39, 0.29) is 5.91 Å². The van der Waals surface area contributed by atoms with Crippen LogP contribution in [0.5, 0.6) is 0 Å². The number of thiazole rings is 1. The zero-order chi connectivity index (χ0) is 17.1. The molecule has 128 valence electrons. The predicted octanol–water partition coefficient (Wildman–Crippen LogP) is 2.80. The van der Waals surface area contributed by atoms with Gasteiger partial charge in [0.05, 0.1) is 23.3 Å². The Morgan fingerprint density at radius 2 is 2.12 bits per heavy atom. The number of nitrogens with zero attached hydrogens (tertiary/aromatic N) is 5. The standard InChI is InChI=1S/C18H19N5OS/c24-18(15-2-1-5-19-10-15)22-7-3-14(4-8-22)17-20-6-9-23(17)11-16-12-25-13-21-16/h1-2,5-6,9-10,12-14H,3-4,7-8,11H2. The maximum absolute atomic E-state index is 12.5. The second kappa shape index (κ2) is 7.14. The molecule has 1 aliphatic heterocycles. The SMILES string of the molecule is O=C(c1cccnc1)N1CCC(c2nccn2Cc2cscn2)CC1. The molecular weight excluding hydrogens is 334 g/mol. The Morgan fingerprint density at radius 1 is 1.24 bits per heavy atom. The lowest BCUT2D eigenvalue weighted by atomic mass is 9.95. The van der Waals surface area contributed by atoms with Gasteiger partial charge in [-0.05, 0) is 25.0 Å². The van der Waals surface area contributed by atoms with Crippen molar-refractivity contribution in [1.29, 1.82) is 0 Å². The van der Waals surface area contributed by atoms with Gasteiger partial charge in [0.2, 0.25) is 0 Å². The quantitative estimate of drug-likeness (QED) is 0.723. The Bertz CT molecular complexity index is 822. The fourth-order valence-corrected chi connectivity index (χ4v) is 3.87. The number of amides is 1. The lowest BCUT2D eigenvalue weighted by Gasteiger charge is -2.32. The smallest absolute Gasteiger partial charge is 0.255 e. The van der Waals surface area contributed by atoms with Crippen LogP contribution in [0.3, 0.4) is 0 Å². The van der Waals surface area contributed by atoms with Crippen LogP contribution in [0.4, 0.5) is 0 Å². The van der Waals surface area contributed by atoms with E-state index in [1.54, 1.807) is 29.8 Å². The molecule has 0 spiro atoms. The van der Waals surface area contributed by atoms with Crippen molar-refractivity contribution in [3.63, 3.8) is 0 Å². The normalized spacial score (nSPS) is 15.4. The Hall–Kier alpha value is -2.54. The van der Waals surface area contributed by atoms with Crippen LogP contribution in [0.15, 0.2) is 47.8 Å². The van der Waals surface area contributed by atoms with E-state index in [1.807, 2.05) is 28.9 Å². The van der Waals surface area contributed by atoms with Crippen LogP contribution in [0, 0.1) is 0 Å². The van der Waals surface area contributed by atoms with Crippen molar-refractivity contribution in [2.45, 2.75) is 25.3 Å². The van der Waals surface area contributed by atoms with Crippen molar-refractivity contribution >= 4 is 17.2 Å². The van der Waals surface area contributed by atoms with Crippen molar-refractivity contribution in [3.8, 4) is 0 Å². The molecule has 0 radical (unpaired) electrons. The zero-order valence-electron chi connectivity index (χ0n) is 13.8. The number of carbonyl (C=O) groups is 1. The molecule has 25 heavy (non-hydrogen) atoms. The summed E-state index contributed by atoms with van der Waals surface area (Å²) in [5.41, 5.74) is 3.58. The third kappa shape index (κ3) is 3.46. The minimum Gasteiger partial charge on any atom is -0.339 e. The summed E-state index contributed by atoms with van der Waals surface area (Å²) < 4.78 is 2.18. The number of hydrogen-bond donors (Lipinski definition) is 0. The topological polar surface area (TPSA) is 63.9 Å². The molecule has 4 rings (SSSR count). The van der Waals surface area contributed by atoms with E-state index >= 15 is 0 Å². The van der Waals surface area contributed by atoms with Gasteiger partial charge in [-0.1, -0.05) is 0 Å². The maximum Gasteiger partial charge on any atom is 0.255 e. The number of carbonyl (C=O) groups excluding carboxylic acids is 1. The molecule has 4 heterocycles. The van der Waals surface area contributed by atoms with Gasteiger partial charge in [-0.25, -0.2) is 9.97 Å². The molecule has 1 fully saturated rings. The lowest BCUT2D eigenvalue weighted by Crippen LogP contribution is -2.38. The summed E-state index contributed by atoms with van der Waals surface area (Å²) in [4.78, 5) is 27.4. The first-order chi connectivity index (χ1) is 12.3. The largest absolute Gasteiger partial charge is 0.339 e. The molecule has 3 aromatic heterocycles. The number of likely N-dealkylation sites (tertiary alicyclic amines) is 1.